The third-order valence-electron chi connectivity index (χ3n) is 1.36. The summed E-state index contributed by atoms with van der Waals surface area (Å²) in [5, 5.41) is 10.6. The Labute approximate surface area is 77.1 Å². The van der Waals surface area contributed by atoms with Crippen molar-refractivity contribution in [3.63, 3.8) is 0 Å². The first kappa shape index (κ1) is 9.27. The molecule has 0 N–H and O–H groups in total. The van der Waals surface area contributed by atoms with Crippen molar-refractivity contribution in [2.45, 2.75) is 0 Å². The standard InChI is InChI=1S/C9H5NO2S/c10-6-9(7-13(11)12)8-4-2-1-3-5-8/h1-5H. The molecule has 0 amide bonds. The van der Waals surface area contributed by atoms with Crippen LogP contribution in [0.5, 0.6) is 0 Å². The van der Waals surface area contributed by atoms with E-state index in [1.165, 1.54) is 0 Å². The minimum absolute atomic E-state index is 0.0222. The normalized spacial score (nSPS) is 8.23. The SMILES string of the molecule is N#CC(=C=S(=O)=O)c1ccccc1. The molecular weight excluding hydrogens is 186 g/mol. The van der Waals surface area contributed by atoms with Crippen molar-refractivity contribution in [1.29, 1.82) is 5.26 Å². The van der Waals surface area contributed by atoms with Crippen molar-refractivity contribution >= 4 is 20.9 Å². The van der Waals surface area contributed by atoms with Gasteiger partial charge in [-0.3, -0.25) is 0 Å². The average molecular weight is 191 g/mol. The molecule has 0 saturated heterocycles. The van der Waals surface area contributed by atoms with Crippen LogP contribution in [0.2, 0.25) is 0 Å². The molecule has 0 radical (unpaired) electrons. The van der Waals surface area contributed by atoms with Crippen LogP contribution in [0, 0.1) is 11.3 Å². The largest absolute Gasteiger partial charge is 0.261 e. The highest BCUT2D eigenvalue weighted by atomic mass is 32.2. The summed E-state index contributed by atoms with van der Waals surface area (Å²) in [5.41, 5.74) is 0.572. The zero-order valence-corrected chi connectivity index (χ0v) is 7.38. The highest BCUT2D eigenvalue weighted by Crippen LogP contribution is 2.08. The molecule has 0 atom stereocenters. The molecule has 1 aromatic rings. The van der Waals surface area contributed by atoms with Gasteiger partial charge < -0.3 is 0 Å². The van der Waals surface area contributed by atoms with Crippen LogP contribution in [0.3, 0.4) is 0 Å². The molecule has 0 aromatic heterocycles. The monoisotopic (exact) mass is 191 g/mol. The lowest BCUT2D eigenvalue weighted by molar-refractivity contribution is 0.627. The van der Waals surface area contributed by atoms with Crippen LogP contribution in [-0.4, -0.2) is 13.4 Å². The van der Waals surface area contributed by atoms with E-state index in [-0.39, 0.29) is 5.57 Å². The van der Waals surface area contributed by atoms with Crippen LogP contribution in [0.4, 0.5) is 0 Å². The van der Waals surface area contributed by atoms with Crippen LogP contribution in [-0.2, 0) is 10.3 Å². The summed E-state index contributed by atoms with van der Waals surface area (Å²) < 4.78 is 20.5. The first-order chi connectivity index (χ1) is 6.24. The van der Waals surface area contributed by atoms with Crippen LogP contribution < -0.4 is 0 Å². The molecule has 0 saturated carbocycles. The molecule has 0 fully saturated rings. The van der Waals surface area contributed by atoms with Gasteiger partial charge in [0.05, 0.1) is 0 Å². The Hall–Kier alpha value is -1.82. The molecule has 4 heteroatoms. The second-order valence-corrected chi connectivity index (χ2v) is 2.86. The van der Waals surface area contributed by atoms with Gasteiger partial charge >= 0.3 is 0 Å². The lowest BCUT2D eigenvalue weighted by Crippen LogP contribution is -1.80. The fourth-order valence-corrected chi connectivity index (χ4v) is 1.16. The van der Waals surface area contributed by atoms with Gasteiger partial charge in [-0.05, 0) is 0 Å². The zero-order chi connectivity index (χ0) is 9.68. The summed E-state index contributed by atoms with van der Waals surface area (Å²) in [6.07, 6.45) is 0. The molecular formula is C9H5NO2S. The Balaban J connectivity index is 3.41. The molecule has 0 aliphatic heterocycles. The molecule has 0 unspecified atom stereocenters. The van der Waals surface area contributed by atoms with Crippen LogP contribution in [0.25, 0.3) is 5.57 Å². The fraction of sp³-hybridized carbons (Fsp3) is 0. The van der Waals surface area contributed by atoms with Crippen molar-refractivity contribution < 1.29 is 8.42 Å². The maximum Gasteiger partial charge on any atom is 0.261 e. The van der Waals surface area contributed by atoms with Gasteiger partial charge in [-0.1, -0.05) is 30.3 Å². The Kier molecular flexibility index (Phi) is 3.04. The number of nitriles is 1. The Bertz CT molecular complexity index is 494. The topological polar surface area (TPSA) is 57.9 Å². The van der Waals surface area contributed by atoms with Gasteiger partial charge in [0.15, 0.2) is 0 Å². The van der Waals surface area contributed by atoms with Gasteiger partial charge in [0, 0.05) is 10.6 Å². The van der Waals surface area contributed by atoms with E-state index in [0.29, 0.717) is 5.56 Å². The van der Waals surface area contributed by atoms with Gasteiger partial charge in [-0.2, -0.15) is 13.7 Å². The molecule has 0 heterocycles. The number of rotatable bonds is 1. The van der Waals surface area contributed by atoms with Crippen molar-refractivity contribution in [3.8, 4) is 6.07 Å². The first-order valence-electron chi connectivity index (χ1n) is 3.42. The summed E-state index contributed by atoms with van der Waals surface area (Å²) in [7, 11) is -2.46. The van der Waals surface area contributed by atoms with Crippen molar-refractivity contribution in [3.05, 3.63) is 35.9 Å². The fourth-order valence-electron chi connectivity index (χ4n) is 0.834. The predicted molar refractivity (Wildman–Crippen MR) is 49.4 cm³/mol. The predicted octanol–water partition coefficient (Wildman–Crippen LogP) is 0.874. The second kappa shape index (κ2) is 4.27. The van der Waals surface area contributed by atoms with Crippen molar-refractivity contribution in [2.24, 2.45) is 0 Å². The highest BCUT2D eigenvalue weighted by molar-refractivity contribution is 7.71. The minimum atomic E-state index is -2.46. The van der Waals surface area contributed by atoms with E-state index in [4.69, 9.17) is 5.26 Å². The van der Waals surface area contributed by atoms with E-state index in [9.17, 15) is 8.42 Å². The molecule has 1 aromatic carbocycles. The molecule has 13 heavy (non-hydrogen) atoms. The summed E-state index contributed by atoms with van der Waals surface area (Å²) in [4.78, 5) is 0. The van der Waals surface area contributed by atoms with E-state index in [0.717, 1.165) is 0 Å². The Morgan fingerprint density at radius 2 is 1.85 bits per heavy atom. The molecule has 64 valence electrons. The van der Waals surface area contributed by atoms with Gasteiger partial charge in [0.2, 0.25) is 0 Å². The van der Waals surface area contributed by atoms with Gasteiger partial charge in [-0.15, -0.1) is 0 Å². The summed E-state index contributed by atoms with van der Waals surface area (Å²) in [5.74, 6) is 0. The third-order valence-corrected chi connectivity index (χ3v) is 1.73. The Morgan fingerprint density at radius 3 is 2.31 bits per heavy atom. The number of allylic oxidation sites excluding steroid dienone is 1. The molecule has 1 rings (SSSR count). The molecule has 0 aliphatic rings. The minimum Gasteiger partial charge on any atom is -0.192 e. The molecule has 0 spiro atoms. The zero-order valence-electron chi connectivity index (χ0n) is 6.56. The maximum absolute atomic E-state index is 10.3. The van der Waals surface area contributed by atoms with Crippen LogP contribution >= 0.6 is 0 Å². The molecule has 0 aliphatic carbocycles. The molecule has 3 nitrogen and oxygen atoms in total. The van der Waals surface area contributed by atoms with E-state index in [2.05, 4.69) is 0 Å². The first-order valence-corrected chi connectivity index (χ1v) is 4.50. The maximum atomic E-state index is 10.3. The number of hydrogen-bond acceptors (Lipinski definition) is 3. The quantitative estimate of drug-likeness (QED) is 0.489. The van der Waals surface area contributed by atoms with Crippen LogP contribution in [0.1, 0.15) is 5.56 Å². The van der Waals surface area contributed by atoms with E-state index in [1.54, 1.807) is 36.4 Å². The summed E-state index contributed by atoms with van der Waals surface area (Å²) in [6, 6.07) is 10.3. The van der Waals surface area contributed by atoms with Gasteiger partial charge in [-0.25, -0.2) is 0 Å². The van der Waals surface area contributed by atoms with E-state index >= 15 is 0 Å². The van der Waals surface area contributed by atoms with Crippen molar-refractivity contribution in [1.82, 2.24) is 0 Å². The number of benzene rings is 1. The van der Waals surface area contributed by atoms with Gasteiger partial charge in [0.1, 0.15) is 11.6 Å². The summed E-state index contributed by atoms with van der Waals surface area (Å²) in [6.45, 7) is 0. The Morgan fingerprint density at radius 1 is 1.23 bits per heavy atom. The number of hydrogen-bond donors (Lipinski definition) is 0. The van der Waals surface area contributed by atoms with E-state index < -0.39 is 10.3 Å². The smallest absolute Gasteiger partial charge is 0.192 e. The average Bonchev–Trinajstić information content (AvgIpc) is 2.15. The number of nitrogens with zero attached hydrogens (tertiary/aromatic N) is 1. The van der Waals surface area contributed by atoms with Crippen molar-refractivity contribution in [2.75, 3.05) is 0 Å². The highest BCUT2D eigenvalue weighted by Gasteiger charge is 1.97. The van der Waals surface area contributed by atoms with E-state index in [1.807, 2.05) is 5.02 Å². The second-order valence-electron chi connectivity index (χ2n) is 2.19. The van der Waals surface area contributed by atoms with Crippen LogP contribution in [0.15, 0.2) is 30.3 Å². The molecule has 0 bridgehead atoms. The third kappa shape index (κ3) is 2.60. The lowest BCUT2D eigenvalue weighted by atomic mass is 10.1. The summed E-state index contributed by atoms with van der Waals surface area (Å²) >= 11 is 0. The lowest BCUT2D eigenvalue weighted by Gasteiger charge is -1.91. The van der Waals surface area contributed by atoms with Gasteiger partial charge in [0.25, 0.3) is 10.3 Å².